The molecule has 1 atom stereocenters. The van der Waals surface area contributed by atoms with Gasteiger partial charge in [-0.2, -0.15) is 0 Å². The van der Waals surface area contributed by atoms with Crippen molar-refractivity contribution in [3.05, 3.63) is 0 Å². The molecule has 2 saturated heterocycles. The number of piperidine rings is 2. The van der Waals surface area contributed by atoms with Crippen LogP contribution in [0.15, 0.2) is 0 Å². The van der Waals surface area contributed by atoms with Gasteiger partial charge in [-0.1, -0.05) is 103 Å². The van der Waals surface area contributed by atoms with Gasteiger partial charge in [-0.15, -0.1) is 0 Å². The minimum absolute atomic E-state index is 0.0294. The van der Waals surface area contributed by atoms with Gasteiger partial charge in [-0.25, -0.2) is 0 Å². The molecule has 0 aliphatic carbocycles. The summed E-state index contributed by atoms with van der Waals surface area (Å²) in [4.78, 5) is 15.6. The number of carbonyl (C=O) groups is 1. The molecule has 2 rings (SSSR count). The van der Waals surface area contributed by atoms with Crippen molar-refractivity contribution in [3.63, 3.8) is 0 Å². The van der Waals surface area contributed by atoms with E-state index in [9.17, 15) is 9.90 Å². The van der Waals surface area contributed by atoms with E-state index in [1.807, 2.05) is 0 Å². The van der Waals surface area contributed by atoms with Gasteiger partial charge in [0, 0.05) is 11.1 Å². The predicted octanol–water partition coefficient (Wildman–Crippen LogP) is 8.72. The zero-order chi connectivity index (χ0) is 26.5. The number of aliphatic carboxylic acids is 1. The van der Waals surface area contributed by atoms with Crippen LogP contribution in [-0.4, -0.2) is 45.7 Å². The number of nitrogens with one attached hydrogen (secondary N) is 1. The normalized spacial score (nSPS) is 22.4. The van der Waals surface area contributed by atoms with Crippen molar-refractivity contribution in [2.75, 3.05) is 13.1 Å². The summed E-state index contributed by atoms with van der Waals surface area (Å²) in [6, 6.07) is 0. The Morgan fingerprint density at radius 2 is 1.17 bits per heavy atom. The van der Waals surface area contributed by atoms with Gasteiger partial charge in [0.1, 0.15) is 5.54 Å². The lowest BCUT2D eigenvalue weighted by Gasteiger charge is -2.55. The quantitative estimate of drug-likeness (QED) is 0.182. The first kappa shape index (κ1) is 31.6. The molecule has 0 saturated carbocycles. The van der Waals surface area contributed by atoms with Gasteiger partial charge in [0.25, 0.3) is 0 Å². The topological polar surface area (TPSA) is 52.6 Å². The zero-order valence-electron chi connectivity index (χ0n) is 24.9. The third-order valence-corrected chi connectivity index (χ3v) is 9.07. The van der Waals surface area contributed by atoms with Gasteiger partial charge >= 0.3 is 5.97 Å². The fraction of sp³-hybridized carbons (Fsp3) is 0.969. The van der Waals surface area contributed by atoms with Crippen molar-refractivity contribution >= 4 is 5.97 Å². The number of hydrogen-bond acceptors (Lipinski definition) is 3. The SMILES string of the molecule is CCCCCCCCCCCCCCCCC(C(=O)O)(C1CC(C)(C)NC(C)(C)C1)N1CCCCC1. The second kappa shape index (κ2) is 15.7. The highest BCUT2D eigenvalue weighted by atomic mass is 16.4. The lowest BCUT2D eigenvalue weighted by atomic mass is 9.65. The maximum atomic E-state index is 13.1. The first-order valence-electron chi connectivity index (χ1n) is 15.9. The van der Waals surface area contributed by atoms with Gasteiger partial charge in [0.2, 0.25) is 0 Å². The van der Waals surface area contributed by atoms with Crippen molar-refractivity contribution in [2.45, 2.75) is 180 Å². The van der Waals surface area contributed by atoms with Crippen LogP contribution in [-0.2, 0) is 4.79 Å². The van der Waals surface area contributed by atoms with E-state index in [-0.39, 0.29) is 17.0 Å². The zero-order valence-corrected chi connectivity index (χ0v) is 24.9. The molecule has 2 fully saturated rings. The summed E-state index contributed by atoms with van der Waals surface area (Å²) in [6.45, 7) is 13.2. The van der Waals surface area contributed by atoms with Crippen LogP contribution >= 0.6 is 0 Å². The molecule has 4 nitrogen and oxygen atoms in total. The number of unbranched alkanes of at least 4 members (excludes halogenated alkanes) is 13. The van der Waals surface area contributed by atoms with Crippen molar-refractivity contribution in [1.29, 1.82) is 0 Å². The van der Waals surface area contributed by atoms with Crippen molar-refractivity contribution in [2.24, 2.45) is 5.92 Å². The van der Waals surface area contributed by atoms with E-state index in [2.05, 4.69) is 44.8 Å². The maximum absolute atomic E-state index is 13.1. The van der Waals surface area contributed by atoms with Gasteiger partial charge in [0.05, 0.1) is 0 Å². The Morgan fingerprint density at radius 3 is 1.58 bits per heavy atom. The van der Waals surface area contributed by atoms with Crippen molar-refractivity contribution < 1.29 is 9.90 Å². The van der Waals surface area contributed by atoms with Crippen LogP contribution in [0.3, 0.4) is 0 Å². The van der Waals surface area contributed by atoms with Crippen LogP contribution < -0.4 is 5.32 Å². The number of likely N-dealkylation sites (tertiary alicyclic amines) is 1. The Morgan fingerprint density at radius 1 is 0.750 bits per heavy atom. The third-order valence-electron chi connectivity index (χ3n) is 9.07. The fourth-order valence-corrected chi connectivity index (χ4v) is 7.58. The van der Waals surface area contributed by atoms with E-state index in [0.717, 1.165) is 51.6 Å². The second-order valence-electron chi connectivity index (χ2n) is 13.6. The van der Waals surface area contributed by atoms with Crippen LogP contribution in [0.4, 0.5) is 0 Å². The molecule has 0 bridgehead atoms. The summed E-state index contributed by atoms with van der Waals surface area (Å²) in [6.07, 6.45) is 25.0. The van der Waals surface area contributed by atoms with E-state index >= 15 is 0 Å². The molecular weight excluding hydrogens is 444 g/mol. The van der Waals surface area contributed by atoms with Crippen LogP contribution in [0.2, 0.25) is 0 Å². The highest BCUT2D eigenvalue weighted by Crippen LogP contribution is 2.45. The Labute approximate surface area is 224 Å². The van der Waals surface area contributed by atoms with Gasteiger partial charge < -0.3 is 10.4 Å². The number of hydrogen-bond donors (Lipinski definition) is 2. The van der Waals surface area contributed by atoms with E-state index in [4.69, 9.17) is 0 Å². The summed E-state index contributed by atoms with van der Waals surface area (Å²) >= 11 is 0. The van der Waals surface area contributed by atoms with E-state index in [0.29, 0.717) is 0 Å². The van der Waals surface area contributed by atoms with Gasteiger partial charge in [-0.3, -0.25) is 9.69 Å². The molecule has 2 heterocycles. The average molecular weight is 507 g/mol. The standard InChI is InChI=1S/C32H62N2O2/c1-6-7-8-9-10-11-12-13-14-15-16-17-18-20-23-32(29(35)36,34-24-21-19-22-25-34)28-26-30(2,3)33-31(4,5)27-28/h28,33H,6-27H2,1-5H3,(H,35,36). The molecule has 0 aromatic heterocycles. The highest BCUT2D eigenvalue weighted by molar-refractivity contribution is 5.79. The first-order valence-corrected chi connectivity index (χ1v) is 15.9. The molecule has 1 unspecified atom stereocenters. The summed E-state index contributed by atoms with van der Waals surface area (Å²) in [5, 5.41) is 14.6. The summed E-state index contributed by atoms with van der Waals surface area (Å²) in [7, 11) is 0. The van der Waals surface area contributed by atoms with Crippen LogP contribution in [0.25, 0.3) is 0 Å². The summed E-state index contributed by atoms with van der Waals surface area (Å²) in [5.41, 5.74) is -0.759. The molecule has 0 spiro atoms. The molecule has 212 valence electrons. The molecule has 36 heavy (non-hydrogen) atoms. The number of carboxylic acid groups (broad SMARTS) is 1. The van der Waals surface area contributed by atoms with Crippen LogP contribution in [0.1, 0.15) is 163 Å². The van der Waals surface area contributed by atoms with Gasteiger partial charge in [0.15, 0.2) is 0 Å². The fourth-order valence-electron chi connectivity index (χ4n) is 7.58. The molecule has 0 aromatic rings. The Kier molecular flexibility index (Phi) is 13.8. The molecule has 0 radical (unpaired) electrons. The van der Waals surface area contributed by atoms with Crippen molar-refractivity contribution in [1.82, 2.24) is 10.2 Å². The minimum atomic E-state index is -0.700. The predicted molar refractivity (Wildman–Crippen MR) is 155 cm³/mol. The molecular formula is C32H62N2O2. The maximum Gasteiger partial charge on any atom is 0.324 e. The minimum Gasteiger partial charge on any atom is -0.480 e. The summed E-state index contributed by atoms with van der Waals surface area (Å²) in [5.74, 6) is -0.362. The highest BCUT2D eigenvalue weighted by Gasteiger charge is 2.54. The molecule has 2 aliphatic heterocycles. The van der Waals surface area contributed by atoms with Crippen LogP contribution in [0.5, 0.6) is 0 Å². The largest absolute Gasteiger partial charge is 0.480 e. The molecule has 2 aliphatic rings. The Balaban J connectivity index is 1.81. The van der Waals surface area contributed by atoms with E-state index < -0.39 is 11.5 Å². The monoisotopic (exact) mass is 506 g/mol. The van der Waals surface area contributed by atoms with Crippen LogP contribution in [0, 0.1) is 5.92 Å². The second-order valence-corrected chi connectivity index (χ2v) is 13.6. The van der Waals surface area contributed by atoms with Crippen molar-refractivity contribution in [3.8, 4) is 0 Å². The Hall–Kier alpha value is -0.610. The first-order chi connectivity index (χ1) is 17.1. The van der Waals surface area contributed by atoms with E-state index in [1.165, 1.54) is 89.9 Å². The molecule has 4 heteroatoms. The molecule has 0 aromatic carbocycles. The number of nitrogens with zero attached hydrogens (tertiary/aromatic N) is 1. The van der Waals surface area contributed by atoms with Gasteiger partial charge in [-0.05, 0) is 78.8 Å². The molecule has 0 amide bonds. The average Bonchev–Trinajstić information content (AvgIpc) is 2.80. The summed E-state index contributed by atoms with van der Waals surface area (Å²) < 4.78 is 0. The number of rotatable bonds is 18. The lowest BCUT2D eigenvalue weighted by molar-refractivity contribution is -0.161. The Bertz CT molecular complexity index is 595. The number of carboxylic acids is 1. The lowest BCUT2D eigenvalue weighted by Crippen LogP contribution is -2.67. The smallest absolute Gasteiger partial charge is 0.324 e. The van der Waals surface area contributed by atoms with E-state index in [1.54, 1.807) is 0 Å². The molecule has 2 N–H and O–H groups in total. The third kappa shape index (κ3) is 10.3.